The summed E-state index contributed by atoms with van der Waals surface area (Å²) >= 11 is 11.8. The molecule has 0 fully saturated rings. The predicted octanol–water partition coefficient (Wildman–Crippen LogP) is 3.48. The molecule has 2 rings (SSSR count). The third kappa shape index (κ3) is 3.68. The Kier molecular flexibility index (Phi) is 5.09. The topological polar surface area (TPSA) is 53.3 Å². The second-order valence-corrected chi connectivity index (χ2v) is 5.03. The zero-order valence-electron chi connectivity index (χ0n) is 11.6. The van der Waals surface area contributed by atoms with Gasteiger partial charge in [-0.05, 0) is 19.1 Å². The average molecular weight is 329 g/mol. The summed E-state index contributed by atoms with van der Waals surface area (Å²) in [4.78, 5) is 11.8. The van der Waals surface area contributed by atoms with Crippen molar-refractivity contribution >= 4 is 29.2 Å². The number of halogens is 2. The lowest BCUT2D eigenvalue weighted by Crippen LogP contribution is -2.11. The first-order valence-corrected chi connectivity index (χ1v) is 7.04. The van der Waals surface area contributed by atoms with Crippen LogP contribution in [0.4, 0.5) is 0 Å². The molecule has 1 aromatic heterocycles. The van der Waals surface area contributed by atoms with Gasteiger partial charge in [0.1, 0.15) is 17.9 Å². The molecule has 0 aliphatic rings. The number of aryl methyl sites for hydroxylation is 1. The van der Waals surface area contributed by atoms with Crippen molar-refractivity contribution in [2.45, 2.75) is 13.5 Å². The van der Waals surface area contributed by atoms with E-state index in [2.05, 4.69) is 5.10 Å². The maximum Gasteiger partial charge on any atom is 0.341 e. The minimum absolute atomic E-state index is 0.169. The van der Waals surface area contributed by atoms with Crippen molar-refractivity contribution in [3.05, 3.63) is 45.7 Å². The Morgan fingerprint density at radius 3 is 2.76 bits per heavy atom. The van der Waals surface area contributed by atoms with Gasteiger partial charge in [0.15, 0.2) is 0 Å². The number of carbonyl (C=O) groups is 1. The Labute approximate surface area is 132 Å². The van der Waals surface area contributed by atoms with Crippen LogP contribution in [0.15, 0.2) is 24.4 Å². The summed E-state index contributed by atoms with van der Waals surface area (Å²) in [5, 5.41) is 4.92. The number of hydrogen-bond donors (Lipinski definition) is 0. The highest BCUT2D eigenvalue weighted by atomic mass is 35.5. The molecule has 0 N–H and O–H groups in total. The zero-order chi connectivity index (χ0) is 15.4. The molecule has 112 valence electrons. The molecule has 0 saturated carbocycles. The summed E-state index contributed by atoms with van der Waals surface area (Å²) in [6.07, 6.45) is 1.46. The quantitative estimate of drug-likeness (QED) is 0.788. The van der Waals surface area contributed by atoms with Gasteiger partial charge in [-0.3, -0.25) is 4.68 Å². The van der Waals surface area contributed by atoms with Gasteiger partial charge in [-0.2, -0.15) is 5.10 Å². The maximum atomic E-state index is 11.8. The first-order chi connectivity index (χ1) is 10.0. The van der Waals surface area contributed by atoms with E-state index in [1.165, 1.54) is 6.20 Å². The highest BCUT2D eigenvalue weighted by Gasteiger charge is 2.17. The number of esters is 1. The van der Waals surface area contributed by atoms with Gasteiger partial charge in [0.25, 0.3) is 0 Å². The average Bonchev–Trinajstić information content (AvgIpc) is 2.82. The van der Waals surface area contributed by atoms with Crippen molar-refractivity contribution in [2.75, 3.05) is 6.61 Å². The Morgan fingerprint density at radius 1 is 1.33 bits per heavy atom. The highest BCUT2D eigenvalue weighted by Crippen LogP contribution is 2.27. The Balaban J connectivity index is 2.14. The number of aromatic nitrogens is 2. The summed E-state index contributed by atoms with van der Waals surface area (Å²) in [7, 11) is 1.73. The van der Waals surface area contributed by atoms with E-state index in [0.717, 1.165) is 0 Å². The molecule has 21 heavy (non-hydrogen) atoms. The minimum atomic E-state index is -0.418. The largest absolute Gasteiger partial charge is 0.487 e. The van der Waals surface area contributed by atoms with Gasteiger partial charge in [-0.1, -0.05) is 23.2 Å². The SMILES string of the molecule is CCOC(=O)c1cnn(C)c1COc1ccc(Cl)c(Cl)c1. The van der Waals surface area contributed by atoms with Crippen LogP contribution in [0, 0.1) is 0 Å². The fourth-order valence-corrected chi connectivity index (χ4v) is 2.02. The number of ether oxygens (including phenoxy) is 2. The van der Waals surface area contributed by atoms with Gasteiger partial charge in [-0.15, -0.1) is 0 Å². The van der Waals surface area contributed by atoms with Crippen molar-refractivity contribution in [1.82, 2.24) is 9.78 Å². The van der Waals surface area contributed by atoms with Crippen LogP contribution < -0.4 is 4.74 Å². The van der Waals surface area contributed by atoms with Crippen LogP contribution in [0.3, 0.4) is 0 Å². The monoisotopic (exact) mass is 328 g/mol. The van der Waals surface area contributed by atoms with Crippen LogP contribution in [-0.2, 0) is 18.4 Å². The molecular weight excluding hydrogens is 315 g/mol. The molecule has 0 aliphatic carbocycles. The first kappa shape index (κ1) is 15.7. The lowest BCUT2D eigenvalue weighted by molar-refractivity contribution is 0.0523. The highest BCUT2D eigenvalue weighted by molar-refractivity contribution is 6.42. The predicted molar refractivity (Wildman–Crippen MR) is 80.0 cm³/mol. The molecule has 0 amide bonds. The van der Waals surface area contributed by atoms with E-state index < -0.39 is 5.97 Å². The van der Waals surface area contributed by atoms with Crippen LogP contribution in [-0.4, -0.2) is 22.4 Å². The van der Waals surface area contributed by atoms with Crippen LogP contribution in [0.1, 0.15) is 23.0 Å². The summed E-state index contributed by atoms with van der Waals surface area (Å²) in [5.74, 6) is 0.138. The van der Waals surface area contributed by atoms with E-state index in [9.17, 15) is 4.79 Å². The molecule has 0 unspecified atom stereocenters. The number of hydrogen-bond acceptors (Lipinski definition) is 4. The van der Waals surface area contributed by atoms with Crippen LogP contribution in [0.25, 0.3) is 0 Å². The first-order valence-electron chi connectivity index (χ1n) is 6.28. The van der Waals surface area contributed by atoms with Crippen LogP contribution in [0.2, 0.25) is 10.0 Å². The molecule has 0 bridgehead atoms. The van der Waals surface area contributed by atoms with E-state index in [1.54, 1.807) is 36.9 Å². The van der Waals surface area contributed by atoms with Gasteiger partial charge in [0.05, 0.1) is 28.5 Å². The van der Waals surface area contributed by atoms with E-state index >= 15 is 0 Å². The van der Waals surface area contributed by atoms with Gasteiger partial charge >= 0.3 is 5.97 Å². The third-order valence-electron chi connectivity index (χ3n) is 2.82. The van der Waals surface area contributed by atoms with Crippen molar-refractivity contribution in [2.24, 2.45) is 7.05 Å². The summed E-state index contributed by atoms with van der Waals surface area (Å²) in [5.41, 5.74) is 1.01. The lowest BCUT2D eigenvalue weighted by Gasteiger charge is -2.09. The molecule has 0 atom stereocenters. The van der Waals surface area contributed by atoms with E-state index in [1.807, 2.05) is 0 Å². The molecule has 0 aliphatic heterocycles. The molecule has 0 spiro atoms. The third-order valence-corrected chi connectivity index (χ3v) is 3.56. The number of nitrogens with zero attached hydrogens (tertiary/aromatic N) is 2. The molecule has 1 heterocycles. The maximum absolute atomic E-state index is 11.8. The van der Waals surface area contributed by atoms with Crippen molar-refractivity contribution in [3.63, 3.8) is 0 Å². The molecular formula is C14H14Cl2N2O3. The molecule has 1 aromatic carbocycles. The summed E-state index contributed by atoms with van der Waals surface area (Å²) < 4.78 is 12.2. The lowest BCUT2D eigenvalue weighted by atomic mass is 10.2. The fraction of sp³-hybridized carbons (Fsp3) is 0.286. The standard InChI is InChI=1S/C14H14Cl2N2O3/c1-3-20-14(19)10-7-17-18(2)13(10)8-21-9-4-5-11(15)12(16)6-9/h4-7H,3,8H2,1-2H3. The molecule has 0 radical (unpaired) electrons. The number of carbonyl (C=O) groups excluding carboxylic acids is 1. The second kappa shape index (κ2) is 6.83. The van der Waals surface area contributed by atoms with E-state index in [-0.39, 0.29) is 6.61 Å². The second-order valence-electron chi connectivity index (χ2n) is 4.21. The summed E-state index contributed by atoms with van der Waals surface area (Å²) in [6.45, 7) is 2.23. The normalized spacial score (nSPS) is 10.5. The minimum Gasteiger partial charge on any atom is -0.487 e. The van der Waals surface area contributed by atoms with Gasteiger partial charge in [0.2, 0.25) is 0 Å². The zero-order valence-corrected chi connectivity index (χ0v) is 13.1. The van der Waals surface area contributed by atoms with Gasteiger partial charge in [-0.25, -0.2) is 4.79 Å². The fourth-order valence-electron chi connectivity index (χ4n) is 1.73. The van der Waals surface area contributed by atoms with Crippen molar-refractivity contribution in [3.8, 4) is 5.75 Å². The molecule has 2 aromatic rings. The smallest absolute Gasteiger partial charge is 0.341 e. The van der Waals surface area contributed by atoms with Crippen LogP contribution >= 0.6 is 23.2 Å². The number of rotatable bonds is 5. The Hall–Kier alpha value is -1.72. The Morgan fingerprint density at radius 2 is 2.10 bits per heavy atom. The van der Waals surface area contributed by atoms with Crippen molar-refractivity contribution in [1.29, 1.82) is 0 Å². The molecule has 5 nitrogen and oxygen atoms in total. The van der Waals surface area contributed by atoms with Crippen molar-refractivity contribution < 1.29 is 14.3 Å². The molecule has 7 heteroatoms. The number of benzene rings is 1. The van der Waals surface area contributed by atoms with Gasteiger partial charge < -0.3 is 9.47 Å². The molecule has 0 saturated heterocycles. The Bertz CT molecular complexity index is 656. The summed E-state index contributed by atoms with van der Waals surface area (Å²) in [6, 6.07) is 4.97. The van der Waals surface area contributed by atoms with E-state index in [0.29, 0.717) is 33.7 Å². The van der Waals surface area contributed by atoms with Crippen LogP contribution in [0.5, 0.6) is 5.75 Å². The van der Waals surface area contributed by atoms with Gasteiger partial charge in [0, 0.05) is 13.1 Å². The van der Waals surface area contributed by atoms with E-state index in [4.69, 9.17) is 32.7 Å².